The van der Waals surface area contributed by atoms with Crippen molar-refractivity contribution in [1.29, 1.82) is 0 Å². The van der Waals surface area contributed by atoms with Crippen molar-refractivity contribution in [3.63, 3.8) is 0 Å². The van der Waals surface area contributed by atoms with E-state index in [9.17, 15) is 0 Å². The second kappa shape index (κ2) is 7.38. The number of fused-ring (bicyclic) bond motifs is 1. The molecule has 0 amide bonds. The van der Waals surface area contributed by atoms with Gasteiger partial charge in [-0.2, -0.15) is 5.10 Å². The fourth-order valence-corrected chi connectivity index (χ4v) is 3.57. The van der Waals surface area contributed by atoms with Crippen LogP contribution in [0.2, 0.25) is 0 Å². The molecular formula is C21H26N4O. The van der Waals surface area contributed by atoms with Gasteiger partial charge in [-0.05, 0) is 56.0 Å². The fourth-order valence-electron chi connectivity index (χ4n) is 3.57. The number of aromatic nitrogens is 3. The molecule has 26 heavy (non-hydrogen) atoms. The predicted molar refractivity (Wildman–Crippen MR) is 105 cm³/mol. The average Bonchev–Trinajstić information content (AvgIpc) is 3.29. The summed E-state index contributed by atoms with van der Waals surface area (Å²) in [6.07, 6.45) is 10.7. The first-order valence-electron chi connectivity index (χ1n) is 9.36. The van der Waals surface area contributed by atoms with Crippen molar-refractivity contribution in [3.8, 4) is 5.75 Å². The van der Waals surface area contributed by atoms with E-state index < -0.39 is 0 Å². The maximum Gasteiger partial charge on any atom is 0.120 e. The Morgan fingerprint density at radius 2 is 2.19 bits per heavy atom. The minimum Gasteiger partial charge on any atom is -0.491 e. The standard InChI is InChI=1S/C21H26N4O/c1-15(2)26-18-3-4-21-19(11-18)20(14-22-21)17-6-9-25(10-7-17)8-5-16-12-23-24-13-16/h3-4,6,11-15,22H,5,7-10H2,1-2H3,(H,23,24). The Balaban J connectivity index is 1.47. The molecule has 0 aliphatic carbocycles. The molecule has 0 saturated carbocycles. The third kappa shape index (κ3) is 3.68. The Labute approximate surface area is 154 Å². The summed E-state index contributed by atoms with van der Waals surface area (Å²) in [5, 5.41) is 8.15. The number of benzene rings is 1. The molecule has 3 aromatic rings. The maximum atomic E-state index is 5.87. The van der Waals surface area contributed by atoms with Crippen LogP contribution in [-0.2, 0) is 6.42 Å². The summed E-state index contributed by atoms with van der Waals surface area (Å²) < 4.78 is 5.87. The number of nitrogens with zero attached hydrogens (tertiary/aromatic N) is 2. The molecule has 2 aromatic heterocycles. The summed E-state index contributed by atoms with van der Waals surface area (Å²) in [4.78, 5) is 5.90. The van der Waals surface area contributed by atoms with E-state index in [0.29, 0.717) is 0 Å². The van der Waals surface area contributed by atoms with Gasteiger partial charge in [0.25, 0.3) is 0 Å². The van der Waals surface area contributed by atoms with E-state index in [1.54, 1.807) is 0 Å². The summed E-state index contributed by atoms with van der Waals surface area (Å²) in [5.41, 5.74) is 5.18. The van der Waals surface area contributed by atoms with E-state index in [-0.39, 0.29) is 6.10 Å². The molecule has 0 radical (unpaired) electrons. The lowest BCUT2D eigenvalue weighted by atomic mass is 9.98. The van der Waals surface area contributed by atoms with Crippen LogP contribution in [0.5, 0.6) is 5.75 Å². The average molecular weight is 350 g/mol. The highest BCUT2D eigenvalue weighted by Crippen LogP contribution is 2.31. The normalized spacial score (nSPS) is 15.6. The molecular weight excluding hydrogens is 324 g/mol. The molecule has 2 N–H and O–H groups in total. The second-order valence-corrected chi connectivity index (χ2v) is 7.21. The molecule has 5 heteroatoms. The Morgan fingerprint density at radius 3 is 2.92 bits per heavy atom. The van der Waals surface area contributed by atoms with Gasteiger partial charge >= 0.3 is 0 Å². The third-order valence-corrected chi connectivity index (χ3v) is 4.94. The van der Waals surface area contributed by atoms with Crippen molar-refractivity contribution >= 4 is 16.5 Å². The van der Waals surface area contributed by atoms with Crippen molar-refractivity contribution in [1.82, 2.24) is 20.1 Å². The van der Waals surface area contributed by atoms with Crippen molar-refractivity contribution in [3.05, 3.63) is 54.0 Å². The first-order chi connectivity index (χ1) is 12.7. The molecule has 1 aromatic carbocycles. The van der Waals surface area contributed by atoms with E-state index in [4.69, 9.17) is 4.74 Å². The van der Waals surface area contributed by atoms with Gasteiger partial charge in [0.05, 0.1) is 12.3 Å². The number of hydrogen-bond donors (Lipinski definition) is 2. The zero-order chi connectivity index (χ0) is 17.9. The lowest BCUT2D eigenvalue weighted by molar-refractivity contribution is 0.243. The molecule has 0 bridgehead atoms. The van der Waals surface area contributed by atoms with Crippen molar-refractivity contribution in [2.24, 2.45) is 0 Å². The molecule has 5 nitrogen and oxygen atoms in total. The van der Waals surface area contributed by atoms with Crippen LogP contribution in [0, 0.1) is 0 Å². The van der Waals surface area contributed by atoms with Gasteiger partial charge in [-0.15, -0.1) is 0 Å². The smallest absolute Gasteiger partial charge is 0.120 e. The molecule has 4 rings (SSSR count). The van der Waals surface area contributed by atoms with Crippen LogP contribution in [-0.4, -0.2) is 45.8 Å². The summed E-state index contributed by atoms with van der Waals surface area (Å²) in [5.74, 6) is 0.937. The SMILES string of the molecule is CC(C)Oc1ccc2[nH]cc(C3=CCN(CCc4cn[nH]c4)CC3)c2c1. The topological polar surface area (TPSA) is 56.9 Å². The predicted octanol–water partition coefficient (Wildman–Crippen LogP) is 4.01. The van der Waals surface area contributed by atoms with Gasteiger partial charge in [0.15, 0.2) is 0 Å². The minimum atomic E-state index is 0.188. The highest BCUT2D eigenvalue weighted by molar-refractivity contribution is 5.93. The molecule has 0 spiro atoms. The maximum absolute atomic E-state index is 5.87. The minimum absolute atomic E-state index is 0.188. The van der Waals surface area contributed by atoms with Gasteiger partial charge in [0, 0.05) is 48.5 Å². The lowest BCUT2D eigenvalue weighted by Gasteiger charge is -2.26. The van der Waals surface area contributed by atoms with Crippen LogP contribution in [0.3, 0.4) is 0 Å². The highest BCUT2D eigenvalue weighted by Gasteiger charge is 2.16. The van der Waals surface area contributed by atoms with Crippen LogP contribution in [0.1, 0.15) is 31.4 Å². The van der Waals surface area contributed by atoms with Gasteiger partial charge in [-0.25, -0.2) is 0 Å². The Morgan fingerprint density at radius 1 is 1.27 bits per heavy atom. The number of nitrogens with one attached hydrogen (secondary N) is 2. The van der Waals surface area contributed by atoms with Crippen molar-refractivity contribution in [2.45, 2.75) is 32.8 Å². The molecule has 1 aliphatic heterocycles. The highest BCUT2D eigenvalue weighted by atomic mass is 16.5. The largest absolute Gasteiger partial charge is 0.491 e. The Hall–Kier alpha value is -2.53. The van der Waals surface area contributed by atoms with Gasteiger partial charge in [0.2, 0.25) is 0 Å². The molecule has 1 aliphatic rings. The number of H-pyrrole nitrogens is 2. The number of ether oxygens (including phenoxy) is 1. The van der Waals surface area contributed by atoms with Gasteiger partial charge in [-0.1, -0.05) is 6.08 Å². The summed E-state index contributed by atoms with van der Waals surface area (Å²) in [6, 6.07) is 6.31. The van der Waals surface area contributed by atoms with Gasteiger partial charge in [0.1, 0.15) is 5.75 Å². The third-order valence-electron chi connectivity index (χ3n) is 4.94. The van der Waals surface area contributed by atoms with Crippen LogP contribution < -0.4 is 4.74 Å². The van der Waals surface area contributed by atoms with E-state index in [1.165, 1.54) is 27.6 Å². The molecule has 0 unspecified atom stereocenters. The first kappa shape index (κ1) is 16.9. The van der Waals surface area contributed by atoms with E-state index in [1.807, 2.05) is 18.5 Å². The molecule has 0 saturated heterocycles. The second-order valence-electron chi connectivity index (χ2n) is 7.21. The fraction of sp³-hybridized carbons (Fsp3) is 0.381. The van der Waals surface area contributed by atoms with Gasteiger partial charge in [-0.3, -0.25) is 10.00 Å². The first-order valence-corrected chi connectivity index (χ1v) is 9.36. The molecule has 3 heterocycles. The molecule has 136 valence electrons. The quantitative estimate of drug-likeness (QED) is 0.706. The van der Waals surface area contributed by atoms with Crippen molar-refractivity contribution in [2.75, 3.05) is 19.6 Å². The van der Waals surface area contributed by atoms with E-state index in [0.717, 1.165) is 38.2 Å². The molecule has 0 atom stereocenters. The van der Waals surface area contributed by atoms with Crippen LogP contribution >= 0.6 is 0 Å². The van der Waals surface area contributed by atoms with Crippen molar-refractivity contribution < 1.29 is 4.74 Å². The molecule has 0 fully saturated rings. The zero-order valence-corrected chi connectivity index (χ0v) is 15.5. The number of aromatic amines is 2. The zero-order valence-electron chi connectivity index (χ0n) is 15.5. The number of hydrogen-bond acceptors (Lipinski definition) is 3. The van der Waals surface area contributed by atoms with Crippen LogP contribution in [0.15, 0.2) is 42.9 Å². The summed E-state index contributed by atoms with van der Waals surface area (Å²) in [7, 11) is 0. The summed E-state index contributed by atoms with van der Waals surface area (Å²) >= 11 is 0. The summed E-state index contributed by atoms with van der Waals surface area (Å²) in [6.45, 7) is 7.29. The van der Waals surface area contributed by atoms with Crippen LogP contribution in [0.4, 0.5) is 0 Å². The lowest BCUT2D eigenvalue weighted by Crippen LogP contribution is -2.30. The monoisotopic (exact) mass is 350 g/mol. The van der Waals surface area contributed by atoms with Crippen LogP contribution in [0.25, 0.3) is 16.5 Å². The Bertz CT molecular complexity index is 892. The van der Waals surface area contributed by atoms with Gasteiger partial charge < -0.3 is 9.72 Å². The number of rotatable bonds is 6. The van der Waals surface area contributed by atoms with E-state index in [2.05, 4.69) is 58.3 Å². The Kier molecular flexibility index (Phi) is 4.80. The van der Waals surface area contributed by atoms with E-state index >= 15 is 0 Å².